The Labute approximate surface area is 123 Å². The highest BCUT2D eigenvalue weighted by atomic mass is 16.2. The van der Waals surface area contributed by atoms with Crippen LogP contribution in [0.2, 0.25) is 0 Å². The topological polar surface area (TPSA) is 94.3 Å². The van der Waals surface area contributed by atoms with Gasteiger partial charge in [-0.15, -0.1) is 0 Å². The number of aromatic amines is 1. The average molecular weight is 292 g/mol. The summed E-state index contributed by atoms with van der Waals surface area (Å²) in [5.41, 5.74) is 0.509. The van der Waals surface area contributed by atoms with Crippen LogP contribution in [0.1, 0.15) is 36.7 Å². The number of urea groups is 1. The quantitative estimate of drug-likeness (QED) is 0.514. The van der Waals surface area contributed by atoms with Gasteiger partial charge in [0, 0.05) is 19.3 Å². The summed E-state index contributed by atoms with van der Waals surface area (Å²) in [6, 6.07) is 2.66. The van der Waals surface area contributed by atoms with Gasteiger partial charge in [-0.1, -0.05) is 6.92 Å². The van der Waals surface area contributed by atoms with E-state index in [0.29, 0.717) is 31.6 Å². The van der Waals surface area contributed by atoms with Gasteiger partial charge in [0.25, 0.3) is 11.8 Å². The summed E-state index contributed by atoms with van der Waals surface area (Å²) < 4.78 is 0. The SMILES string of the molecule is CCCN1C(=O)NC(CCCNC(=O)c2ccc[nH]2)C1=O. The third kappa shape index (κ3) is 3.62. The Morgan fingerprint density at radius 2 is 2.24 bits per heavy atom. The number of aromatic nitrogens is 1. The number of carbonyl (C=O) groups excluding carboxylic acids is 3. The molecule has 7 heteroatoms. The summed E-state index contributed by atoms with van der Waals surface area (Å²) in [6.07, 6.45) is 3.58. The first-order valence-electron chi connectivity index (χ1n) is 7.17. The van der Waals surface area contributed by atoms with E-state index in [-0.39, 0.29) is 17.8 Å². The normalized spacial score (nSPS) is 18.0. The van der Waals surface area contributed by atoms with E-state index in [0.717, 1.165) is 6.42 Å². The van der Waals surface area contributed by atoms with Crippen molar-refractivity contribution >= 4 is 17.8 Å². The number of imide groups is 1. The van der Waals surface area contributed by atoms with Gasteiger partial charge >= 0.3 is 6.03 Å². The minimum absolute atomic E-state index is 0.169. The fourth-order valence-electron chi connectivity index (χ4n) is 2.28. The van der Waals surface area contributed by atoms with E-state index >= 15 is 0 Å². The van der Waals surface area contributed by atoms with Gasteiger partial charge in [-0.05, 0) is 31.4 Å². The molecule has 1 aliphatic heterocycles. The first-order chi connectivity index (χ1) is 10.1. The highest BCUT2D eigenvalue weighted by Crippen LogP contribution is 2.11. The number of nitrogens with one attached hydrogen (secondary N) is 3. The molecule has 0 aromatic carbocycles. The molecule has 0 spiro atoms. The lowest BCUT2D eigenvalue weighted by Crippen LogP contribution is -2.32. The summed E-state index contributed by atoms with van der Waals surface area (Å²) in [4.78, 5) is 39.3. The molecule has 1 atom stereocenters. The number of hydrogen-bond donors (Lipinski definition) is 3. The van der Waals surface area contributed by atoms with E-state index in [2.05, 4.69) is 15.6 Å². The molecule has 1 aromatic heterocycles. The van der Waals surface area contributed by atoms with Crippen LogP contribution in [0.4, 0.5) is 4.79 Å². The van der Waals surface area contributed by atoms with Crippen molar-refractivity contribution in [1.82, 2.24) is 20.5 Å². The van der Waals surface area contributed by atoms with Crippen LogP contribution in [-0.2, 0) is 4.79 Å². The summed E-state index contributed by atoms with van der Waals surface area (Å²) in [5, 5.41) is 5.44. The van der Waals surface area contributed by atoms with Crippen molar-refractivity contribution in [3.05, 3.63) is 24.0 Å². The monoisotopic (exact) mass is 292 g/mol. The average Bonchev–Trinajstić information content (AvgIpc) is 3.08. The fraction of sp³-hybridized carbons (Fsp3) is 0.500. The third-order valence-corrected chi connectivity index (χ3v) is 3.35. The molecule has 7 nitrogen and oxygen atoms in total. The molecule has 3 N–H and O–H groups in total. The molecular weight excluding hydrogens is 272 g/mol. The number of carbonyl (C=O) groups is 3. The lowest BCUT2D eigenvalue weighted by molar-refractivity contribution is -0.127. The smallest absolute Gasteiger partial charge is 0.324 e. The van der Waals surface area contributed by atoms with Crippen LogP contribution >= 0.6 is 0 Å². The number of amides is 4. The first kappa shape index (κ1) is 15.1. The van der Waals surface area contributed by atoms with Crippen LogP contribution in [-0.4, -0.2) is 46.9 Å². The lowest BCUT2D eigenvalue weighted by Gasteiger charge is -2.11. The largest absolute Gasteiger partial charge is 0.357 e. The van der Waals surface area contributed by atoms with Crippen LogP contribution in [0.3, 0.4) is 0 Å². The van der Waals surface area contributed by atoms with Gasteiger partial charge in [0.15, 0.2) is 0 Å². The summed E-state index contributed by atoms with van der Waals surface area (Å²) in [5.74, 6) is -0.341. The number of nitrogens with zero attached hydrogens (tertiary/aromatic N) is 1. The Morgan fingerprint density at radius 3 is 2.90 bits per heavy atom. The Morgan fingerprint density at radius 1 is 1.43 bits per heavy atom. The number of H-pyrrole nitrogens is 1. The van der Waals surface area contributed by atoms with Crippen LogP contribution < -0.4 is 10.6 Å². The van der Waals surface area contributed by atoms with E-state index in [4.69, 9.17) is 0 Å². The van der Waals surface area contributed by atoms with Gasteiger partial charge < -0.3 is 15.6 Å². The first-order valence-corrected chi connectivity index (χ1v) is 7.17. The minimum Gasteiger partial charge on any atom is -0.357 e. The van der Waals surface area contributed by atoms with E-state index < -0.39 is 6.04 Å². The van der Waals surface area contributed by atoms with Gasteiger partial charge in [0.05, 0.1) is 0 Å². The third-order valence-electron chi connectivity index (χ3n) is 3.35. The molecule has 0 saturated carbocycles. The lowest BCUT2D eigenvalue weighted by atomic mass is 10.1. The van der Waals surface area contributed by atoms with E-state index in [1.165, 1.54) is 4.90 Å². The summed E-state index contributed by atoms with van der Waals surface area (Å²) in [6.45, 7) is 2.83. The predicted octanol–water partition coefficient (Wildman–Crippen LogP) is 0.855. The molecule has 0 radical (unpaired) electrons. The van der Waals surface area contributed by atoms with Crippen molar-refractivity contribution in [3.8, 4) is 0 Å². The molecule has 1 aliphatic rings. The molecule has 1 fully saturated rings. The number of hydrogen-bond acceptors (Lipinski definition) is 3. The summed E-state index contributed by atoms with van der Waals surface area (Å²) in [7, 11) is 0. The highest BCUT2D eigenvalue weighted by molar-refractivity contribution is 6.04. The Bertz CT molecular complexity index is 512. The number of rotatable bonds is 7. The van der Waals surface area contributed by atoms with Gasteiger partial charge in [-0.25, -0.2) is 4.79 Å². The molecule has 21 heavy (non-hydrogen) atoms. The van der Waals surface area contributed by atoms with E-state index in [1.807, 2.05) is 6.92 Å². The second kappa shape index (κ2) is 6.92. The second-order valence-corrected chi connectivity index (χ2v) is 4.97. The zero-order valence-corrected chi connectivity index (χ0v) is 12.0. The van der Waals surface area contributed by atoms with Crippen LogP contribution in [0.15, 0.2) is 18.3 Å². The molecule has 2 rings (SSSR count). The molecule has 1 saturated heterocycles. The van der Waals surface area contributed by atoms with Gasteiger partial charge in [-0.2, -0.15) is 0 Å². The maximum absolute atomic E-state index is 12.0. The standard InChI is InChI=1S/C14H20N4O3/c1-2-9-18-13(20)11(17-14(18)21)6-4-8-16-12(19)10-5-3-7-15-10/h3,5,7,11,15H,2,4,6,8-9H2,1H3,(H,16,19)(H,17,21). The highest BCUT2D eigenvalue weighted by Gasteiger charge is 2.36. The van der Waals surface area contributed by atoms with Crippen molar-refractivity contribution in [1.29, 1.82) is 0 Å². The van der Waals surface area contributed by atoms with Gasteiger partial charge in [0.1, 0.15) is 11.7 Å². The Hall–Kier alpha value is -2.31. The fourth-order valence-corrected chi connectivity index (χ4v) is 2.28. The van der Waals surface area contributed by atoms with E-state index in [9.17, 15) is 14.4 Å². The molecule has 0 aliphatic carbocycles. The van der Waals surface area contributed by atoms with Gasteiger partial charge in [-0.3, -0.25) is 14.5 Å². The summed E-state index contributed by atoms with van der Waals surface area (Å²) >= 11 is 0. The van der Waals surface area contributed by atoms with Crippen molar-refractivity contribution < 1.29 is 14.4 Å². The molecule has 0 bridgehead atoms. The maximum atomic E-state index is 12.0. The van der Waals surface area contributed by atoms with Crippen molar-refractivity contribution in [2.24, 2.45) is 0 Å². The second-order valence-electron chi connectivity index (χ2n) is 4.97. The van der Waals surface area contributed by atoms with Crippen molar-refractivity contribution in [2.75, 3.05) is 13.1 Å². The Balaban J connectivity index is 1.71. The molecule has 2 heterocycles. The zero-order chi connectivity index (χ0) is 15.2. The van der Waals surface area contributed by atoms with Gasteiger partial charge in [0.2, 0.25) is 0 Å². The molecular formula is C14H20N4O3. The van der Waals surface area contributed by atoms with Crippen molar-refractivity contribution in [2.45, 2.75) is 32.2 Å². The molecule has 114 valence electrons. The maximum Gasteiger partial charge on any atom is 0.324 e. The predicted molar refractivity (Wildman–Crippen MR) is 76.7 cm³/mol. The minimum atomic E-state index is -0.466. The molecule has 4 amide bonds. The van der Waals surface area contributed by atoms with E-state index in [1.54, 1.807) is 18.3 Å². The van der Waals surface area contributed by atoms with Crippen LogP contribution in [0, 0.1) is 0 Å². The molecule has 1 unspecified atom stereocenters. The Kier molecular flexibility index (Phi) is 4.97. The van der Waals surface area contributed by atoms with Crippen molar-refractivity contribution in [3.63, 3.8) is 0 Å². The molecule has 1 aromatic rings. The zero-order valence-electron chi connectivity index (χ0n) is 12.0. The van der Waals surface area contributed by atoms with Crippen LogP contribution in [0.5, 0.6) is 0 Å². The van der Waals surface area contributed by atoms with Crippen LogP contribution in [0.25, 0.3) is 0 Å².